The Balaban J connectivity index is 2.20. The lowest BCUT2D eigenvalue weighted by atomic mass is 9.84. The molecule has 2 nitrogen and oxygen atoms in total. The van der Waals surface area contributed by atoms with E-state index >= 15 is 0 Å². The van der Waals surface area contributed by atoms with Crippen molar-refractivity contribution in [2.75, 3.05) is 0 Å². The SMILES string of the molecule is CC(=CCC1C=C(O)C(C)=C(C)C1O)CCCC(C)CCCC(C)CCCC(C)C. The van der Waals surface area contributed by atoms with Gasteiger partial charge < -0.3 is 10.2 Å². The maximum absolute atomic E-state index is 10.4. The summed E-state index contributed by atoms with van der Waals surface area (Å²) in [4.78, 5) is 0. The van der Waals surface area contributed by atoms with Crippen molar-refractivity contribution >= 4 is 0 Å². The van der Waals surface area contributed by atoms with Crippen LogP contribution in [-0.4, -0.2) is 16.3 Å². The summed E-state index contributed by atoms with van der Waals surface area (Å²) < 4.78 is 0. The van der Waals surface area contributed by atoms with Crippen molar-refractivity contribution in [2.24, 2.45) is 23.7 Å². The van der Waals surface area contributed by atoms with Crippen LogP contribution < -0.4 is 0 Å². The average molecular weight is 419 g/mol. The maximum atomic E-state index is 10.4. The van der Waals surface area contributed by atoms with Gasteiger partial charge >= 0.3 is 0 Å². The number of hydrogen-bond donors (Lipinski definition) is 2. The number of hydrogen-bond acceptors (Lipinski definition) is 2. The topological polar surface area (TPSA) is 40.5 Å². The smallest absolute Gasteiger partial charge is 0.114 e. The molecule has 30 heavy (non-hydrogen) atoms. The van der Waals surface area contributed by atoms with Gasteiger partial charge in [0.25, 0.3) is 0 Å². The summed E-state index contributed by atoms with van der Waals surface area (Å²) in [6.07, 6.45) is 16.4. The van der Waals surface area contributed by atoms with Crippen LogP contribution in [0.2, 0.25) is 0 Å². The molecule has 0 aliphatic heterocycles. The van der Waals surface area contributed by atoms with Crippen LogP contribution in [0.4, 0.5) is 0 Å². The van der Waals surface area contributed by atoms with Gasteiger partial charge in [-0.15, -0.1) is 0 Å². The molecule has 4 atom stereocenters. The van der Waals surface area contributed by atoms with Crippen LogP contribution >= 0.6 is 0 Å². The number of allylic oxidation sites excluding steroid dienone is 3. The summed E-state index contributed by atoms with van der Waals surface area (Å²) in [5.74, 6) is 2.86. The van der Waals surface area contributed by atoms with Crippen molar-refractivity contribution in [3.8, 4) is 0 Å². The normalized spacial score (nSPS) is 22.4. The Kier molecular flexibility index (Phi) is 12.7. The van der Waals surface area contributed by atoms with E-state index in [9.17, 15) is 10.2 Å². The van der Waals surface area contributed by atoms with Crippen molar-refractivity contribution in [2.45, 2.75) is 119 Å². The first-order valence-corrected chi connectivity index (χ1v) is 12.5. The molecule has 0 fully saturated rings. The second-order valence-electron chi connectivity index (χ2n) is 10.6. The Morgan fingerprint density at radius 3 is 2.03 bits per heavy atom. The molecule has 0 saturated carbocycles. The highest BCUT2D eigenvalue weighted by Gasteiger charge is 2.25. The third-order valence-corrected chi connectivity index (χ3v) is 7.08. The summed E-state index contributed by atoms with van der Waals surface area (Å²) in [5.41, 5.74) is 3.12. The summed E-state index contributed by atoms with van der Waals surface area (Å²) in [5, 5.41) is 20.5. The molecule has 1 rings (SSSR count). The van der Waals surface area contributed by atoms with E-state index in [4.69, 9.17) is 0 Å². The first kappa shape index (κ1) is 27.0. The second-order valence-corrected chi connectivity index (χ2v) is 10.6. The van der Waals surface area contributed by atoms with Crippen LogP contribution in [0.25, 0.3) is 0 Å². The number of aliphatic hydroxyl groups is 2. The lowest BCUT2D eigenvalue weighted by molar-refractivity contribution is 0.157. The quantitative estimate of drug-likeness (QED) is 0.277. The zero-order valence-corrected chi connectivity index (χ0v) is 21.0. The number of aliphatic hydroxyl groups excluding tert-OH is 2. The van der Waals surface area contributed by atoms with Gasteiger partial charge in [-0.25, -0.2) is 0 Å². The van der Waals surface area contributed by atoms with E-state index in [1.54, 1.807) is 0 Å². The van der Waals surface area contributed by atoms with Crippen LogP contribution in [-0.2, 0) is 0 Å². The van der Waals surface area contributed by atoms with Crippen LogP contribution in [0.3, 0.4) is 0 Å². The molecule has 0 amide bonds. The summed E-state index contributed by atoms with van der Waals surface area (Å²) in [6.45, 7) is 15.5. The number of rotatable bonds is 14. The van der Waals surface area contributed by atoms with Crippen LogP contribution in [0.5, 0.6) is 0 Å². The molecule has 0 aromatic heterocycles. The van der Waals surface area contributed by atoms with Gasteiger partial charge in [0.1, 0.15) is 5.76 Å². The zero-order chi connectivity index (χ0) is 22.7. The molecule has 0 bridgehead atoms. The molecule has 4 unspecified atom stereocenters. The highest BCUT2D eigenvalue weighted by atomic mass is 16.3. The largest absolute Gasteiger partial charge is 0.508 e. The van der Waals surface area contributed by atoms with Gasteiger partial charge in [-0.1, -0.05) is 84.3 Å². The van der Waals surface area contributed by atoms with Crippen LogP contribution in [0, 0.1) is 23.7 Å². The van der Waals surface area contributed by atoms with Crippen molar-refractivity contribution in [3.63, 3.8) is 0 Å². The third kappa shape index (κ3) is 10.3. The zero-order valence-electron chi connectivity index (χ0n) is 21.0. The molecular weight excluding hydrogens is 368 g/mol. The van der Waals surface area contributed by atoms with Gasteiger partial charge in [0.05, 0.1) is 6.10 Å². The van der Waals surface area contributed by atoms with Gasteiger partial charge in [0.2, 0.25) is 0 Å². The van der Waals surface area contributed by atoms with E-state index < -0.39 is 6.10 Å². The molecule has 1 aliphatic carbocycles. The third-order valence-electron chi connectivity index (χ3n) is 7.08. The fourth-order valence-electron chi connectivity index (χ4n) is 4.51. The standard InChI is InChI=1S/C28H50O2/c1-20(2)11-8-12-21(3)13-9-14-22(4)15-10-16-23(5)17-18-26-19-27(29)24(6)25(7)28(26)30/h17,19-22,26,28-30H,8-16,18H2,1-7H3. The fourth-order valence-corrected chi connectivity index (χ4v) is 4.51. The molecule has 0 aromatic rings. The molecule has 0 heterocycles. The maximum Gasteiger partial charge on any atom is 0.114 e. The minimum Gasteiger partial charge on any atom is -0.508 e. The molecule has 2 N–H and O–H groups in total. The molecular formula is C28H50O2. The first-order chi connectivity index (χ1) is 14.1. The molecule has 0 radical (unpaired) electrons. The molecule has 174 valence electrons. The van der Waals surface area contributed by atoms with Crippen molar-refractivity contribution in [1.82, 2.24) is 0 Å². The molecule has 2 heteroatoms. The summed E-state index contributed by atoms with van der Waals surface area (Å²) >= 11 is 0. The molecule has 0 saturated heterocycles. The molecule has 1 aliphatic rings. The Morgan fingerprint density at radius 2 is 1.47 bits per heavy atom. The van der Waals surface area contributed by atoms with Gasteiger partial charge in [-0.2, -0.15) is 0 Å². The summed E-state index contributed by atoms with van der Waals surface area (Å²) in [7, 11) is 0. The van der Waals surface area contributed by atoms with Gasteiger partial charge in [0, 0.05) is 5.92 Å². The van der Waals surface area contributed by atoms with E-state index in [1.165, 1.54) is 56.9 Å². The first-order valence-electron chi connectivity index (χ1n) is 12.5. The highest BCUT2D eigenvalue weighted by molar-refractivity contribution is 5.35. The monoisotopic (exact) mass is 418 g/mol. The Bertz CT molecular complexity index is 581. The Hall–Kier alpha value is -1.02. The van der Waals surface area contributed by atoms with E-state index in [2.05, 4.69) is 40.7 Å². The lowest BCUT2D eigenvalue weighted by Crippen LogP contribution is -2.24. The second kappa shape index (κ2) is 14.1. The average Bonchev–Trinajstić information content (AvgIpc) is 2.67. The minimum atomic E-state index is -0.474. The van der Waals surface area contributed by atoms with E-state index in [0.717, 1.165) is 41.7 Å². The molecule has 0 spiro atoms. The van der Waals surface area contributed by atoms with Crippen LogP contribution in [0.1, 0.15) is 113 Å². The predicted molar refractivity (Wildman–Crippen MR) is 132 cm³/mol. The van der Waals surface area contributed by atoms with Gasteiger partial charge in [0.15, 0.2) is 0 Å². The van der Waals surface area contributed by atoms with Gasteiger partial charge in [-0.3, -0.25) is 0 Å². The Morgan fingerprint density at radius 1 is 0.933 bits per heavy atom. The summed E-state index contributed by atoms with van der Waals surface area (Å²) in [6, 6.07) is 0. The lowest BCUT2D eigenvalue weighted by Gasteiger charge is -2.26. The van der Waals surface area contributed by atoms with Crippen LogP contribution in [0.15, 0.2) is 34.6 Å². The predicted octanol–water partition coefficient (Wildman–Crippen LogP) is 8.53. The van der Waals surface area contributed by atoms with E-state index in [-0.39, 0.29) is 5.92 Å². The van der Waals surface area contributed by atoms with Crippen molar-refractivity contribution in [3.05, 3.63) is 34.6 Å². The fraction of sp³-hybridized carbons (Fsp3) is 0.786. The Labute approximate surface area is 187 Å². The highest BCUT2D eigenvalue weighted by Crippen LogP contribution is 2.30. The van der Waals surface area contributed by atoms with E-state index in [0.29, 0.717) is 5.76 Å². The van der Waals surface area contributed by atoms with Gasteiger partial charge in [-0.05, 0) is 75.0 Å². The minimum absolute atomic E-state index is 0.00917. The van der Waals surface area contributed by atoms with Crippen molar-refractivity contribution in [1.29, 1.82) is 0 Å². The molecule has 0 aromatic carbocycles. The van der Waals surface area contributed by atoms with Crippen molar-refractivity contribution < 1.29 is 10.2 Å². The van der Waals surface area contributed by atoms with E-state index in [1.807, 2.05) is 19.9 Å².